The number of methoxy groups -OCH3 is 3. The van der Waals surface area contributed by atoms with E-state index in [1.807, 2.05) is 48.5 Å². The molecule has 1 aliphatic rings. The van der Waals surface area contributed by atoms with Crippen molar-refractivity contribution in [2.24, 2.45) is 0 Å². The molecule has 0 aliphatic carbocycles. The molecule has 0 amide bonds. The topological polar surface area (TPSA) is 77.5 Å². The summed E-state index contributed by atoms with van der Waals surface area (Å²) >= 11 is 0. The van der Waals surface area contributed by atoms with Gasteiger partial charge in [0.1, 0.15) is 16.4 Å². The third kappa shape index (κ3) is 6.75. The number of hydrogen-bond donors (Lipinski definition) is 0. The number of ether oxygens (including phenoxy) is 3. The number of piperazine rings is 1. The van der Waals surface area contributed by atoms with E-state index in [4.69, 9.17) is 18.4 Å². The van der Waals surface area contributed by atoms with Gasteiger partial charge in [0, 0.05) is 38.4 Å². The summed E-state index contributed by atoms with van der Waals surface area (Å²) in [6.45, 7) is 4.38. The van der Waals surface area contributed by atoms with Crippen LogP contribution in [0.5, 0.6) is 23.0 Å². The number of anilines is 1. The van der Waals surface area contributed by atoms with E-state index in [-0.39, 0.29) is 10.6 Å². The molecule has 1 heterocycles. The Hall–Kier alpha value is -4.21. The molecule has 0 N–H and O–H groups in total. The first-order chi connectivity index (χ1) is 19.9. The lowest BCUT2D eigenvalue weighted by atomic mass is 10.1. The quantitative estimate of drug-likeness (QED) is 0.231. The average molecular weight is 575 g/mol. The lowest BCUT2D eigenvalue weighted by Crippen LogP contribution is -2.45. The summed E-state index contributed by atoms with van der Waals surface area (Å²) in [7, 11) is 0.924. The number of hydrogen-bond acceptors (Lipinski definition) is 8. The molecule has 5 rings (SSSR count). The first-order valence-corrected chi connectivity index (χ1v) is 14.8. The number of benzene rings is 4. The van der Waals surface area contributed by atoms with Gasteiger partial charge in [0.15, 0.2) is 11.5 Å². The second-order valence-electron chi connectivity index (χ2n) is 9.74. The van der Waals surface area contributed by atoms with Crippen molar-refractivity contribution in [3.63, 3.8) is 0 Å². The normalized spacial score (nSPS) is 14.0. The SMILES string of the molecule is COc1cccc(-c2ccc(S(=O)(=O)Oc3ccc(N4CCN(Cc5ccc(OC)c(OC)c5)CC4)cc3)cc2)c1. The predicted molar refractivity (Wildman–Crippen MR) is 160 cm³/mol. The van der Waals surface area contributed by atoms with Crippen molar-refractivity contribution < 1.29 is 26.8 Å². The summed E-state index contributed by atoms with van der Waals surface area (Å²) in [5.41, 5.74) is 4.03. The van der Waals surface area contributed by atoms with Crippen LogP contribution in [0.4, 0.5) is 5.69 Å². The van der Waals surface area contributed by atoms with Crippen LogP contribution in [-0.2, 0) is 16.7 Å². The van der Waals surface area contributed by atoms with Gasteiger partial charge in [-0.15, -0.1) is 0 Å². The van der Waals surface area contributed by atoms with Crippen molar-refractivity contribution >= 4 is 15.8 Å². The van der Waals surface area contributed by atoms with Crippen LogP contribution in [0, 0.1) is 0 Å². The van der Waals surface area contributed by atoms with Crippen LogP contribution >= 0.6 is 0 Å². The maximum atomic E-state index is 12.9. The minimum atomic E-state index is -3.97. The smallest absolute Gasteiger partial charge is 0.339 e. The lowest BCUT2D eigenvalue weighted by Gasteiger charge is -2.36. The van der Waals surface area contributed by atoms with Crippen molar-refractivity contribution in [2.45, 2.75) is 11.4 Å². The van der Waals surface area contributed by atoms with E-state index in [2.05, 4.69) is 15.9 Å². The van der Waals surface area contributed by atoms with Crippen molar-refractivity contribution in [3.05, 3.63) is 96.6 Å². The van der Waals surface area contributed by atoms with Crippen LogP contribution in [0.15, 0.2) is 95.9 Å². The van der Waals surface area contributed by atoms with E-state index in [1.54, 1.807) is 57.7 Å². The second kappa shape index (κ2) is 12.5. The van der Waals surface area contributed by atoms with E-state index in [1.165, 1.54) is 5.56 Å². The fourth-order valence-electron chi connectivity index (χ4n) is 4.91. The van der Waals surface area contributed by atoms with Gasteiger partial charge in [0.05, 0.1) is 21.3 Å². The van der Waals surface area contributed by atoms with Gasteiger partial charge in [-0.3, -0.25) is 4.90 Å². The zero-order valence-corrected chi connectivity index (χ0v) is 24.3. The second-order valence-corrected chi connectivity index (χ2v) is 11.3. The molecule has 1 fully saturated rings. The highest BCUT2D eigenvalue weighted by Crippen LogP contribution is 2.29. The highest BCUT2D eigenvalue weighted by molar-refractivity contribution is 7.87. The monoisotopic (exact) mass is 574 g/mol. The third-order valence-corrected chi connectivity index (χ3v) is 8.44. The molecule has 9 heteroatoms. The Kier molecular flexibility index (Phi) is 8.66. The van der Waals surface area contributed by atoms with E-state index in [9.17, 15) is 8.42 Å². The Morgan fingerprint density at radius 3 is 2.02 bits per heavy atom. The lowest BCUT2D eigenvalue weighted by molar-refractivity contribution is 0.249. The summed E-state index contributed by atoms with van der Waals surface area (Å²) in [6.07, 6.45) is 0. The van der Waals surface area contributed by atoms with Gasteiger partial charge in [0.25, 0.3) is 0 Å². The molecule has 1 aliphatic heterocycles. The van der Waals surface area contributed by atoms with Crippen molar-refractivity contribution in [3.8, 4) is 34.1 Å². The van der Waals surface area contributed by atoms with Crippen LogP contribution in [0.2, 0.25) is 0 Å². The zero-order valence-electron chi connectivity index (χ0n) is 23.4. The highest BCUT2D eigenvalue weighted by atomic mass is 32.2. The molecule has 0 saturated carbocycles. The minimum Gasteiger partial charge on any atom is -0.497 e. The molecule has 4 aromatic rings. The first kappa shape index (κ1) is 28.3. The van der Waals surface area contributed by atoms with E-state index in [0.717, 1.165) is 66.8 Å². The van der Waals surface area contributed by atoms with Gasteiger partial charge in [-0.2, -0.15) is 8.42 Å². The minimum absolute atomic E-state index is 0.0961. The molecule has 4 aromatic carbocycles. The summed E-state index contributed by atoms with van der Waals surface area (Å²) < 4.78 is 47.3. The predicted octanol–water partition coefficient (Wildman–Crippen LogP) is 5.47. The molecule has 0 radical (unpaired) electrons. The van der Waals surface area contributed by atoms with Crippen LogP contribution in [0.25, 0.3) is 11.1 Å². The van der Waals surface area contributed by atoms with Crippen molar-refractivity contribution in [2.75, 3.05) is 52.4 Å². The maximum Gasteiger partial charge on any atom is 0.339 e. The maximum absolute atomic E-state index is 12.9. The molecule has 0 spiro atoms. The Bertz CT molecular complexity index is 1570. The summed E-state index contributed by atoms with van der Waals surface area (Å²) in [4.78, 5) is 4.79. The third-order valence-electron chi connectivity index (χ3n) is 7.18. The number of rotatable bonds is 10. The molecule has 41 heavy (non-hydrogen) atoms. The van der Waals surface area contributed by atoms with Gasteiger partial charge in [-0.05, 0) is 77.4 Å². The van der Waals surface area contributed by atoms with Crippen molar-refractivity contribution in [1.82, 2.24) is 4.90 Å². The largest absolute Gasteiger partial charge is 0.497 e. The van der Waals surface area contributed by atoms with Gasteiger partial charge in [-0.25, -0.2) is 0 Å². The molecular formula is C32H34N2O6S. The Balaban J connectivity index is 1.16. The molecule has 8 nitrogen and oxygen atoms in total. The van der Waals surface area contributed by atoms with Gasteiger partial charge < -0.3 is 23.3 Å². The van der Waals surface area contributed by atoms with E-state index >= 15 is 0 Å². The average Bonchev–Trinajstić information content (AvgIpc) is 3.01. The van der Waals surface area contributed by atoms with E-state index < -0.39 is 10.1 Å². The molecule has 0 bridgehead atoms. The molecule has 214 valence electrons. The van der Waals surface area contributed by atoms with Crippen LogP contribution in [0.1, 0.15) is 5.56 Å². The van der Waals surface area contributed by atoms with Crippen LogP contribution in [-0.4, -0.2) is 60.8 Å². The molecular weight excluding hydrogens is 540 g/mol. The highest BCUT2D eigenvalue weighted by Gasteiger charge is 2.20. The molecule has 0 aromatic heterocycles. The Labute approximate surface area is 241 Å². The number of nitrogens with zero attached hydrogens (tertiary/aromatic N) is 2. The Morgan fingerprint density at radius 1 is 0.659 bits per heavy atom. The summed E-state index contributed by atoms with van der Waals surface area (Å²) in [5, 5.41) is 0. The fraction of sp³-hybridized carbons (Fsp3) is 0.250. The zero-order chi connectivity index (χ0) is 28.8. The molecule has 0 unspecified atom stereocenters. The van der Waals surface area contributed by atoms with Gasteiger partial charge >= 0.3 is 10.1 Å². The molecule has 1 saturated heterocycles. The first-order valence-electron chi connectivity index (χ1n) is 13.4. The van der Waals surface area contributed by atoms with Crippen LogP contribution < -0.4 is 23.3 Å². The van der Waals surface area contributed by atoms with E-state index in [0.29, 0.717) is 0 Å². The summed E-state index contributed by atoms with van der Waals surface area (Å²) in [6, 6.07) is 27.5. The van der Waals surface area contributed by atoms with Crippen molar-refractivity contribution in [1.29, 1.82) is 0 Å². The van der Waals surface area contributed by atoms with Gasteiger partial charge in [-0.1, -0.05) is 30.3 Å². The summed E-state index contributed by atoms with van der Waals surface area (Å²) in [5.74, 6) is 2.47. The Morgan fingerprint density at radius 2 is 1.37 bits per heavy atom. The standard InChI is InChI=1S/C32H34N2O6S/c1-37-29-6-4-5-26(22-29)25-8-14-30(15-9-25)41(35,36)40-28-12-10-27(11-13-28)34-19-17-33(18-20-34)23-24-7-16-31(38-2)32(21-24)39-3/h4-16,21-22H,17-20,23H2,1-3H3. The van der Waals surface area contributed by atoms with Crippen LogP contribution in [0.3, 0.4) is 0 Å². The molecule has 0 atom stereocenters. The van der Waals surface area contributed by atoms with Gasteiger partial charge in [0.2, 0.25) is 0 Å². The fourth-order valence-corrected chi connectivity index (χ4v) is 5.84.